The van der Waals surface area contributed by atoms with Gasteiger partial charge in [0.15, 0.2) is 5.65 Å². The highest BCUT2D eigenvalue weighted by Crippen LogP contribution is 2.25. The largest absolute Gasteiger partial charge is 0.332 e. The molecule has 0 fully saturated rings. The minimum absolute atomic E-state index is 0.200. The summed E-state index contributed by atoms with van der Waals surface area (Å²) < 4.78 is 4.48. The third-order valence-corrected chi connectivity index (χ3v) is 5.96. The molecule has 8 heteroatoms. The van der Waals surface area contributed by atoms with Gasteiger partial charge in [-0.2, -0.15) is 5.10 Å². The number of rotatable bonds is 8. The summed E-state index contributed by atoms with van der Waals surface area (Å²) in [5.41, 5.74) is 2.89. The maximum absolute atomic E-state index is 13.3. The van der Waals surface area contributed by atoms with Crippen molar-refractivity contribution in [3.05, 3.63) is 98.9 Å². The van der Waals surface area contributed by atoms with E-state index >= 15 is 0 Å². The summed E-state index contributed by atoms with van der Waals surface area (Å²) >= 11 is 0. The van der Waals surface area contributed by atoms with Gasteiger partial charge in [0.2, 0.25) is 0 Å². The molecule has 0 aliphatic heterocycles. The fourth-order valence-electron chi connectivity index (χ4n) is 4.20. The Morgan fingerprint density at radius 1 is 1.08 bits per heavy atom. The van der Waals surface area contributed by atoms with Gasteiger partial charge < -0.3 is 5.32 Å². The summed E-state index contributed by atoms with van der Waals surface area (Å²) in [5.74, 6) is 1.30. The second-order valence-electron chi connectivity index (χ2n) is 9.14. The zero-order valence-corrected chi connectivity index (χ0v) is 21.4. The van der Waals surface area contributed by atoms with E-state index in [1.54, 1.807) is 15.4 Å². The summed E-state index contributed by atoms with van der Waals surface area (Å²) in [5, 5.41) is 8.42. The van der Waals surface area contributed by atoms with Gasteiger partial charge in [-0.3, -0.25) is 13.9 Å². The van der Waals surface area contributed by atoms with Crippen molar-refractivity contribution in [3.63, 3.8) is 0 Å². The van der Waals surface area contributed by atoms with E-state index in [4.69, 9.17) is 5.10 Å². The van der Waals surface area contributed by atoms with Gasteiger partial charge in [0.1, 0.15) is 17.0 Å². The summed E-state index contributed by atoms with van der Waals surface area (Å²) in [6.07, 6.45) is 7.85. The van der Waals surface area contributed by atoms with Crippen LogP contribution in [0.2, 0.25) is 0 Å². The fraction of sp³-hybridized carbons (Fsp3) is 0.286. The molecule has 8 nitrogen and oxygen atoms in total. The molecular weight excluding hydrogens is 452 g/mol. The maximum Gasteiger partial charge on any atom is 0.332 e. The van der Waals surface area contributed by atoms with E-state index in [2.05, 4.69) is 46.7 Å². The number of pyridine rings is 1. The molecule has 4 aromatic rings. The third kappa shape index (κ3) is 4.93. The predicted octanol–water partition coefficient (Wildman–Crippen LogP) is 4.72. The van der Waals surface area contributed by atoms with Gasteiger partial charge in [0, 0.05) is 19.8 Å². The van der Waals surface area contributed by atoms with Crippen molar-refractivity contribution < 1.29 is 0 Å². The molecule has 0 aliphatic carbocycles. The average Bonchev–Trinajstić information content (AvgIpc) is 3.22. The lowest BCUT2D eigenvalue weighted by atomic mass is 10.0. The summed E-state index contributed by atoms with van der Waals surface area (Å²) in [7, 11) is 1.51. The Morgan fingerprint density at radius 3 is 2.44 bits per heavy atom. The molecule has 0 bridgehead atoms. The Balaban J connectivity index is 1.87. The summed E-state index contributed by atoms with van der Waals surface area (Å²) in [6, 6.07) is 13.8. The molecule has 186 valence electrons. The van der Waals surface area contributed by atoms with Crippen LogP contribution in [-0.2, 0) is 20.1 Å². The molecule has 1 N–H and O–H groups in total. The number of fused-ring (bicyclic) bond motifs is 1. The maximum atomic E-state index is 13.3. The van der Waals surface area contributed by atoms with Crippen LogP contribution in [0, 0.1) is 5.92 Å². The van der Waals surface area contributed by atoms with E-state index in [1.165, 1.54) is 7.05 Å². The average molecular weight is 485 g/mol. The second kappa shape index (κ2) is 10.6. The van der Waals surface area contributed by atoms with Crippen LogP contribution < -0.4 is 16.6 Å². The lowest BCUT2D eigenvalue weighted by Gasteiger charge is -2.11. The zero-order valence-electron chi connectivity index (χ0n) is 21.4. The fourth-order valence-corrected chi connectivity index (χ4v) is 4.20. The van der Waals surface area contributed by atoms with Crippen LogP contribution in [0.1, 0.15) is 38.8 Å². The van der Waals surface area contributed by atoms with Gasteiger partial charge in [-0.25, -0.2) is 14.5 Å². The van der Waals surface area contributed by atoms with E-state index in [0.717, 1.165) is 21.3 Å². The number of hydrogen-bond acceptors (Lipinski definition) is 5. The summed E-state index contributed by atoms with van der Waals surface area (Å²) in [6.45, 7) is 8.95. The van der Waals surface area contributed by atoms with Gasteiger partial charge in [0.25, 0.3) is 5.56 Å². The quantitative estimate of drug-likeness (QED) is 0.366. The molecule has 4 rings (SSSR count). The standard InChI is InChI=1S/C28H32N6O2/c1-6-10-21(7-2)22-14-12-20(13-15-22)18-34-25(30-23-11-8-9-16-29-23)24-26(31-34)33(17-19(3)4)28(36)32(5)27(24)35/h6-16,19H,17-18H2,1-5H3,(H,29,30)/b10-6-,21-7+. The van der Waals surface area contributed by atoms with Crippen molar-refractivity contribution >= 4 is 28.2 Å². The molecule has 0 amide bonds. The number of nitrogens with zero attached hydrogens (tertiary/aromatic N) is 5. The number of aromatic nitrogens is 5. The molecule has 3 aromatic heterocycles. The number of nitrogens with one attached hydrogen (secondary N) is 1. The molecule has 3 heterocycles. The molecule has 0 aliphatic rings. The Hall–Kier alpha value is -4.20. The first-order valence-corrected chi connectivity index (χ1v) is 12.1. The highest BCUT2D eigenvalue weighted by atomic mass is 16.2. The van der Waals surface area contributed by atoms with Gasteiger partial charge in [-0.1, -0.05) is 62.4 Å². The van der Waals surface area contributed by atoms with Crippen LogP contribution in [-0.4, -0.2) is 23.9 Å². The van der Waals surface area contributed by atoms with Gasteiger partial charge in [0.05, 0.1) is 6.54 Å². The Kier molecular flexibility index (Phi) is 7.33. The SMILES string of the molecule is C/C=C\C(=C/C)c1ccc(Cn2nc3c(c2Nc2ccccn2)c(=O)n(C)c(=O)n3CC(C)C)cc1. The Bertz CT molecular complexity index is 1540. The zero-order chi connectivity index (χ0) is 25.8. The first kappa shape index (κ1) is 24.9. The van der Waals surface area contributed by atoms with E-state index in [9.17, 15) is 9.59 Å². The van der Waals surface area contributed by atoms with Crippen LogP contribution in [0.5, 0.6) is 0 Å². The minimum Gasteiger partial charge on any atom is -0.324 e. The molecule has 0 atom stereocenters. The normalized spacial score (nSPS) is 12.2. The molecular formula is C28H32N6O2. The topological polar surface area (TPSA) is 86.7 Å². The molecule has 1 aromatic carbocycles. The Labute approximate surface area is 210 Å². The van der Waals surface area contributed by atoms with Gasteiger partial charge in [-0.05, 0) is 48.6 Å². The Morgan fingerprint density at radius 2 is 1.83 bits per heavy atom. The van der Waals surface area contributed by atoms with Crippen LogP contribution in [0.15, 0.2) is 76.5 Å². The number of allylic oxidation sites excluding steroid dienone is 4. The van der Waals surface area contributed by atoms with Crippen molar-refractivity contribution in [1.82, 2.24) is 23.9 Å². The van der Waals surface area contributed by atoms with E-state index in [-0.39, 0.29) is 17.2 Å². The molecule has 0 spiro atoms. The molecule has 36 heavy (non-hydrogen) atoms. The highest BCUT2D eigenvalue weighted by Gasteiger charge is 2.22. The highest BCUT2D eigenvalue weighted by molar-refractivity contribution is 5.89. The van der Waals surface area contributed by atoms with Crippen LogP contribution in [0.3, 0.4) is 0 Å². The molecule has 0 saturated carbocycles. The van der Waals surface area contributed by atoms with E-state index < -0.39 is 0 Å². The first-order chi connectivity index (χ1) is 17.3. The van der Waals surface area contributed by atoms with Crippen molar-refractivity contribution in [1.29, 1.82) is 0 Å². The molecule has 0 saturated heterocycles. The third-order valence-electron chi connectivity index (χ3n) is 5.96. The second-order valence-corrected chi connectivity index (χ2v) is 9.14. The first-order valence-electron chi connectivity index (χ1n) is 12.1. The van der Waals surface area contributed by atoms with Crippen molar-refractivity contribution in [3.8, 4) is 0 Å². The van der Waals surface area contributed by atoms with Crippen molar-refractivity contribution in [2.24, 2.45) is 13.0 Å². The van der Waals surface area contributed by atoms with Gasteiger partial charge >= 0.3 is 5.69 Å². The van der Waals surface area contributed by atoms with E-state index in [1.807, 2.05) is 52.0 Å². The predicted molar refractivity (Wildman–Crippen MR) is 146 cm³/mol. The van der Waals surface area contributed by atoms with Crippen molar-refractivity contribution in [2.75, 3.05) is 5.32 Å². The molecule has 0 radical (unpaired) electrons. The lowest BCUT2D eigenvalue weighted by Crippen LogP contribution is -2.38. The monoisotopic (exact) mass is 484 g/mol. The number of anilines is 2. The van der Waals surface area contributed by atoms with Crippen LogP contribution >= 0.6 is 0 Å². The number of hydrogen-bond donors (Lipinski definition) is 1. The van der Waals surface area contributed by atoms with Crippen LogP contribution in [0.25, 0.3) is 16.6 Å². The van der Waals surface area contributed by atoms with Gasteiger partial charge in [-0.15, -0.1) is 0 Å². The molecule has 0 unspecified atom stereocenters. The summed E-state index contributed by atoms with van der Waals surface area (Å²) in [4.78, 5) is 30.7. The van der Waals surface area contributed by atoms with Crippen molar-refractivity contribution in [2.45, 2.75) is 40.8 Å². The minimum atomic E-state index is -0.390. The smallest absolute Gasteiger partial charge is 0.324 e. The van der Waals surface area contributed by atoms with E-state index in [0.29, 0.717) is 35.8 Å². The van der Waals surface area contributed by atoms with Crippen LogP contribution in [0.4, 0.5) is 11.6 Å². The lowest BCUT2D eigenvalue weighted by molar-refractivity contribution is 0.498. The number of benzene rings is 1.